The summed E-state index contributed by atoms with van der Waals surface area (Å²) in [6.07, 6.45) is 6.05. The van der Waals surface area contributed by atoms with Crippen LogP contribution in [0, 0.1) is 0 Å². The van der Waals surface area contributed by atoms with Crippen LogP contribution in [0.3, 0.4) is 0 Å². The molecule has 2 N–H and O–H groups in total. The van der Waals surface area contributed by atoms with Crippen molar-refractivity contribution < 1.29 is 4.74 Å². The summed E-state index contributed by atoms with van der Waals surface area (Å²) < 4.78 is 7.05. The van der Waals surface area contributed by atoms with Crippen LogP contribution in [0.25, 0.3) is 11.1 Å². The number of hydrogen-bond donors (Lipinski definition) is 1. The minimum atomic E-state index is 0.687. The fourth-order valence-corrected chi connectivity index (χ4v) is 3.67. The van der Waals surface area contributed by atoms with Crippen LogP contribution in [0.2, 0.25) is 0 Å². The van der Waals surface area contributed by atoms with Crippen LogP contribution < -0.4 is 10.6 Å². The van der Waals surface area contributed by atoms with Gasteiger partial charge in [-0.15, -0.1) is 0 Å². The number of hydrogen-bond acceptors (Lipinski definition) is 4. The Labute approximate surface area is 193 Å². The topological polar surface area (TPSA) is 60.0 Å². The van der Waals surface area contributed by atoms with E-state index in [0.29, 0.717) is 5.71 Å². The summed E-state index contributed by atoms with van der Waals surface area (Å²) in [6, 6.07) is 26.4. The van der Waals surface area contributed by atoms with Gasteiger partial charge >= 0.3 is 0 Å². The number of rotatable bonds is 11. The molecule has 0 aromatic heterocycles. The lowest BCUT2D eigenvalue weighted by molar-refractivity contribution is 0.306. The number of nitrogens with zero attached hydrogens (tertiary/aromatic N) is 2. The molecule has 0 heterocycles. The van der Waals surface area contributed by atoms with E-state index in [1.165, 1.54) is 5.56 Å². The first-order valence-electron chi connectivity index (χ1n) is 10.6. The van der Waals surface area contributed by atoms with E-state index in [1.54, 1.807) is 6.21 Å². The maximum Gasteiger partial charge on any atom is 0.127 e. The molecule has 0 atom stereocenters. The number of hydrazone groups is 1. The van der Waals surface area contributed by atoms with Crippen molar-refractivity contribution in [3.8, 4) is 16.9 Å². The monoisotopic (exact) mass is 477 g/mol. The molecule has 0 aliphatic rings. The Morgan fingerprint density at radius 3 is 2.45 bits per heavy atom. The molecule has 0 unspecified atom stereocenters. The van der Waals surface area contributed by atoms with E-state index in [0.717, 1.165) is 60.2 Å². The minimum Gasteiger partial charge on any atom is -0.493 e. The lowest BCUT2D eigenvalue weighted by Crippen LogP contribution is -2.06. The number of unbranched alkanes of at least 4 members (excludes halogenated alkanes) is 3. The van der Waals surface area contributed by atoms with Gasteiger partial charge in [-0.05, 0) is 43.0 Å². The van der Waals surface area contributed by atoms with Crippen LogP contribution in [0.15, 0.2) is 93.4 Å². The smallest absolute Gasteiger partial charge is 0.127 e. The second-order valence-electron chi connectivity index (χ2n) is 7.18. The van der Waals surface area contributed by atoms with Gasteiger partial charge in [-0.1, -0.05) is 83.0 Å². The number of benzene rings is 3. The Morgan fingerprint density at radius 1 is 0.871 bits per heavy atom. The summed E-state index contributed by atoms with van der Waals surface area (Å²) in [5, 5.41) is 3.85. The highest BCUT2D eigenvalue weighted by Gasteiger charge is 2.05. The van der Waals surface area contributed by atoms with E-state index in [-0.39, 0.29) is 0 Å². The number of halogens is 1. The number of aliphatic imine (C=N–C) groups is 1. The molecule has 0 bridgehead atoms. The number of nitrogens with two attached hydrogens (primary N) is 1. The normalized spacial score (nSPS) is 11.7. The molecule has 0 radical (unpaired) electrons. The number of para-hydroxylation sites is 1. The first kappa shape index (κ1) is 22.8. The van der Waals surface area contributed by atoms with Gasteiger partial charge in [0.25, 0.3) is 0 Å². The zero-order chi connectivity index (χ0) is 21.7. The van der Waals surface area contributed by atoms with Gasteiger partial charge in [-0.25, -0.2) is 0 Å². The first-order valence-corrected chi connectivity index (χ1v) is 11.4. The molecule has 0 saturated carbocycles. The number of ether oxygens (including phenoxy) is 1. The fraction of sp³-hybridized carbons (Fsp3) is 0.231. The van der Waals surface area contributed by atoms with Gasteiger partial charge < -0.3 is 10.6 Å². The molecular formula is C26H28BrN3O. The van der Waals surface area contributed by atoms with Gasteiger partial charge in [0.05, 0.1) is 6.61 Å². The lowest BCUT2D eigenvalue weighted by Gasteiger charge is -2.11. The largest absolute Gasteiger partial charge is 0.493 e. The lowest BCUT2D eigenvalue weighted by atomic mass is 10.1. The summed E-state index contributed by atoms with van der Waals surface area (Å²) in [7, 11) is 0. The van der Waals surface area contributed by atoms with Crippen LogP contribution >= 0.6 is 15.9 Å². The van der Waals surface area contributed by atoms with Crippen LogP contribution in [-0.4, -0.2) is 25.1 Å². The molecule has 160 valence electrons. The molecule has 3 rings (SSSR count). The molecule has 0 saturated heterocycles. The van der Waals surface area contributed by atoms with Gasteiger partial charge in [-0.3, -0.25) is 4.99 Å². The standard InChI is InChI=1S/C26H28BrN3O/c27-23-14-10-13-22(19-23)25(30-28)20-29-17-8-1-2-9-18-31-26-16-7-6-15-24(26)21-11-4-3-5-12-21/h3-7,10-16,19-20H,1-2,8-9,17-18,28H2/b29-20?,30-25+. The van der Waals surface area contributed by atoms with Crippen LogP contribution in [0.4, 0.5) is 0 Å². The molecule has 0 aliphatic carbocycles. The molecule has 0 amide bonds. The van der Waals surface area contributed by atoms with Gasteiger partial charge in [-0.2, -0.15) is 5.10 Å². The Hall–Kier alpha value is -2.92. The minimum absolute atomic E-state index is 0.687. The molecular weight excluding hydrogens is 450 g/mol. The zero-order valence-electron chi connectivity index (χ0n) is 17.6. The Balaban J connectivity index is 1.35. The van der Waals surface area contributed by atoms with E-state index in [9.17, 15) is 0 Å². The zero-order valence-corrected chi connectivity index (χ0v) is 19.2. The van der Waals surface area contributed by atoms with E-state index in [2.05, 4.69) is 56.4 Å². The van der Waals surface area contributed by atoms with Crippen LogP contribution in [0.1, 0.15) is 31.2 Å². The third kappa shape index (κ3) is 7.37. The van der Waals surface area contributed by atoms with Crippen molar-refractivity contribution in [1.29, 1.82) is 0 Å². The third-order valence-corrected chi connectivity index (χ3v) is 5.38. The van der Waals surface area contributed by atoms with E-state index < -0.39 is 0 Å². The molecule has 0 aliphatic heterocycles. The molecule has 0 spiro atoms. The summed E-state index contributed by atoms with van der Waals surface area (Å²) in [6.45, 7) is 1.49. The van der Waals surface area contributed by atoms with E-state index >= 15 is 0 Å². The van der Waals surface area contributed by atoms with E-state index in [4.69, 9.17) is 10.6 Å². The van der Waals surface area contributed by atoms with E-state index in [1.807, 2.05) is 48.5 Å². The Morgan fingerprint density at radius 2 is 1.65 bits per heavy atom. The van der Waals surface area contributed by atoms with Gasteiger partial charge in [0.2, 0.25) is 0 Å². The van der Waals surface area contributed by atoms with Crippen LogP contribution in [0.5, 0.6) is 5.75 Å². The highest BCUT2D eigenvalue weighted by molar-refractivity contribution is 9.10. The van der Waals surface area contributed by atoms with Gasteiger partial charge in [0, 0.05) is 28.4 Å². The molecule has 31 heavy (non-hydrogen) atoms. The second kappa shape index (κ2) is 12.7. The summed E-state index contributed by atoms with van der Waals surface area (Å²) >= 11 is 3.46. The Kier molecular flexibility index (Phi) is 9.32. The van der Waals surface area contributed by atoms with Crippen molar-refractivity contribution in [2.75, 3.05) is 13.2 Å². The second-order valence-corrected chi connectivity index (χ2v) is 8.10. The first-order chi connectivity index (χ1) is 15.3. The Bertz CT molecular complexity index is 1000. The van der Waals surface area contributed by atoms with Crippen molar-refractivity contribution in [1.82, 2.24) is 0 Å². The third-order valence-electron chi connectivity index (χ3n) is 4.88. The average Bonchev–Trinajstić information content (AvgIpc) is 2.81. The maximum atomic E-state index is 6.06. The quantitative estimate of drug-likeness (QED) is 0.148. The van der Waals surface area contributed by atoms with Crippen molar-refractivity contribution in [2.24, 2.45) is 15.9 Å². The van der Waals surface area contributed by atoms with Gasteiger partial charge in [0.15, 0.2) is 0 Å². The average molecular weight is 478 g/mol. The summed E-state index contributed by atoms with van der Waals surface area (Å²) in [5.74, 6) is 6.46. The molecule has 5 heteroatoms. The van der Waals surface area contributed by atoms with Crippen LogP contribution in [-0.2, 0) is 0 Å². The summed E-state index contributed by atoms with van der Waals surface area (Å²) in [5.41, 5.74) is 3.96. The highest BCUT2D eigenvalue weighted by atomic mass is 79.9. The predicted molar refractivity (Wildman–Crippen MR) is 134 cm³/mol. The molecule has 4 nitrogen and oxygen atoms in total. The highest BCUT2D eigenvalue weighted by Crippen LogP contribution is 2.29. The summed E-state index contributed by atoms with van der Waals surface area (Å²) in [4.78, 5) is 4.48. The molecule has 3 aromatic rings. The van der Waals surface area contributed by atoms with Crippen molar-refractivity contribution in [2.45, 2.75) is 25.7 Å². The predicted octanol–water partition coefficient (Wildman–Crippen LogP) is 6.49. The van der Waals surface area contributed by atoms with Gasteiger partial charge in [0.1, 0.15) is 11.5 Å². The van der Waals surface area contributed by atoms with Crippen molar-refractivity contribution in [3.05, 3.63) is 88.9 Å². The maximum absolute atomic E-state index is 6.06. The SMILES string of the molecule is N/N=C(\C=NCCCCCCOc1ccccc1-c1ccccc1)c1cccc(Br)c1. The molecule has 0 fully saturated rings. The van der Waals surface area contributed by atoms with Crippen molar-refractivity contribution in [3.63, 3.8) is 0 Å². The molecule has 3 aromatic carbocycles. The fourth-order valence-electron chi connectivity index (χ4n) is 3.27. The van der Waals surface area contributed by atoms with Crippen molar-refractivity contribution >= 4 is 27.9 Å².